The summed E-state index contributed by atoms with van der Waals surface area (Å²) in [4.78, 5) is 2.07. The average Bonchev–Trinajstić information content (AvgIpc) is 2.83. The van der Waals surface area contributed by atoms with Crippen molar-refractivity contribution in [2.24, 2.45) is 0 Å². The van der Waals surface area contributed by atoms with Crippen molar-refractivity contribution in [2.45, 2.75) is 20.0 Å². The van der Waals surface area contributed by atoms with Gasteiger partial charge in [0, 0.05) is 12.1 Å². The molecule has 2 rings (SSSR count). The Balaban J connectivity index is 2.11. The van der Waals surface area contributed by atoms with E-state index in [9.17, 15) is 10.0 Å². The van der Waals surface area contributed by atoms with Crippen LogP contribution in [0.15, 0.2) is 34.7 Å². The van der Waals surface area contributed by atoms with Crippen LogP contribution < -0.4 is 10.2 Å². The van der Waals surface area contributed by atoms with Crippen LogP contribution in [0.3, 0.4) is 0 Å². The second-order valence-electron chi connectivity index (χ2n) is 5.13. The highest BCUT2D eigenvalue weighted by molar-refractivity contribution is 6.58. The molecular formula is C15H20BNO4. The fourth-order valence-electron chi connectivity index (χ4n) is 2.27. The van der Waals surface area contributed by atoms with Crippen LogP contribution in [-0.2, 0) is 13.1 Å². The van der Waals surface area contributed by atoms with Crippen LogP contribution in [0, 0.1) is 6.92 Å². The summed E-state index contributed by atoms with van der Waals surface area (Å²) in [6, 6.07) is 9.02. The second-order valence-corrected chi connectivity index (χ2v) is 5.13. The first-order chi connectivity index (χ1) is 9.99. The zero-order valence-electron chi connectivity index (χ0n) is 12.5. The summed E-state index contributed by atoms with van der Waals surface area (Å²) in [5.41, 5.74) is 1.35. The van der Waals surface area contributed by atoms with E-state index < -0.39 is 7.12 Å². The highest BCUT2D eigenvalue weighted by Crippen LogP contribution is 2.19. The minimum Gasteiger partial charge on any atom is -0.496 e. The van der Waals surface area contributed by atoms with E-state index in [0.29, 0.717) is 18.6 Å². The van der Waals surface area contributed by atoms with E-state index in [1.165, 1.54) is 0 Å². The highest BCUT2D eigenvalue weighted by Gasteiger charge is 2.15. The third-order valence-corrected chi connectivity index (χ3v) is 3.26. The van der Waals surface area contributed by atoms with Gasteiger partial charge in [0.05, 0.1) is 13.7 Å². The van der Waals surface area contributed by atoms with Gasteiger partial charge in [0.2, 0.25) is 0 Å². The first kappa shape index (κ1) is 15.6. The van der Waals surface area contributed by atoms with E-state index in [0.717, 1.165) is 22.8 Å². The maximum atomic E-state index is 9.27. The lowest BCUT2D eigenvalue weighted by molar-refractivity contribution is 0.280. The van der Waals surface area contributed by atoms with Gasteiger partial charge in [-0.05, 0) is 37.6 Å². The van der Waals surface area contributed by atoms with Gasteiger partial charge < -0.3 is 19.2 Å². The largest absolute Gasteiger partial charge is 0.496 e. The van der Waals surface area contributed by atoms with Crippen molar-refractivity contribution in [1.29, 1.82) is 0 Å². The standard InChI is InChI=1S/C15H20BNO4/c1-11-4-6-14(21-11)10-17(2)9-12-8-13(16(18)19)5-7-15(12)20-3/h4-8,18-19H,9-10H2,1-3H3. The van der Waals surface area contributed by atoms with Gasteiger partial charge in [0.25, 0.3) is 0 Å². The van der Waals surface area contributed by atoms with E-state index >= 15 is 0 Å². The average molecular weight is 289 g/mol. The van der Waals surface area contributed by atoms with E-state index in [1.54, 1.807) is 25.3 Å². The van der Waals surface area contributed by atoms with Crippen LogP contribution in [0.25, 0.3) is 0 Å². The molecule has 0 aliphatic carbocycles. The predicted octanol–water partition coefficient (Wildman–Crippen LogP) is 0.908. The van der Waals surface area contributed by atoms with Crippen LogP contribution in [-0.4, -0.2) is 36.2 Å². The van der Waals surface area contributed by atoms with Crippen molar-refractivity contribution in [1.82, 2.24) is 4.90 Å². The second kappa shape index (κ2) is 6.80. The Morgan fingerprint density at radius 3 is 2.52 bits per heavy atom. The molecule has 0 radical (unpaired) electrons. The fourth-order valence-corrected chi connectivity index (χ4v) is 2.27. The number of hydrogen-bond acceptors (Lipinski definition) is 5. The molecule has 0 saturated carbocycles. The van der Waals surface area contributed by atoms with Crippen molar-refractivity contribution in [3.8, 4) is 5.75 Å². The van der Waals surface area contributed by atoms with E-state index in [1.807, 2.05) is 26.1 Å². The number of methoxy groups -OCH3 is 1. The molecule has 2 aromatic rings. The van der Waals surface area contributed by atoms with Gasteiger partial charge in [0.1, 0.15) is 17.3 Å². The molecule has 21 heavy (non-hydrogen) atoms. The molecule has 2 N–H and O–H groups in total. The zero-order chi connectivity index (χ0) is 15.4. The van der Waals surface area contributed by atoms with Crippen LogP contribution in [0.5, 0.6) is 5.75 Å². The van der Waals surface area contributed by atoms with Gasteiger partial charge in [-0.15, -0.1) is 0 Å². The zero-order valence-corrected chi connectivity index (χ0v) is 12.5. The molecule has 0 saturated heterocycles. The van der Waals surface area contributed by atoms with Gasteiger partial charge >= 0.3 is 7.12 Å². The molecule has 0 atom stereocenters. The van der Waals surface area contributed by atoms with Crippen molar-refractivity contribution in [3.05, 3.63) is 47.4 Å². The Morgan fingerprint density at radius 1 is 1.19 bits per heavy atom. The molecule has 1 aromatic heterocycles. The lowest BCUT2D eigenvalue weighted by Gasteiger charge is -2.18. The van der Waals surface area contributed by atoms with Gasteiger partial charge in [-0.1, -0.05) is 12.1 Å². The van der Waals surface area contributed by atoms with E-state index in [2.05, 4.69) is 4.90 Å². The molecule has 0 spiro atoms. The Hall–Kier alpha value is -1.76. The maximum Gasteiger partial charge on any atom is 0.488 e. The summed E-state index contributed by atoms with van der Waals surface area (Å²) in [5, 5.41) is 18.5. The molecular weight excluding hydrogens is 269 g/mol. The van der Waals surface area contributed by atoms with Gasteiger partial charge in [-0.25, -0.2) is 0 Å². The molecule has 0 fully saturated rings. The van der Waals surface area contributed by atoms with E-state index in [4.69, 9.17) is 9.15 Å². The van der Waals surface area contributed by atoms with Gasteiger partial charge in [-0.2, -0.15) is 0 Å². The van der Waals surface area contributed by atoms with Crippen molar-refractivity contribution in [2.75, 3.05) is 14.2 Å². The Bertz CT molecular complexity index is 597. The summed E-state index contributed by atoms with van der Waals surface area (Å²) in [6.45, 7) is 3.20. The number of nitrogens with zero attached hydrogens (tertiary/aromatic N) is 1. The molecule has 0 aliphatic heterocycles. The number of benzene rings is 1. The minimum atomic E-state index is -1.48. The molecule has 112 valence electrons. The van der Waals surface area contributed by atoms with Crippen LogP contribution in [0.1, 0.15) is 17.1 Å². The Kier molecular flexibility index (Phi) is 5.06. The number of aryl methyl sites for hydroxylation is 1. The minimum absolute atomic E-state index is 0.452. The smallest absolute Gasteiger partial charge is 0.488 e. The van der Waals surface area contributed by atoms with E-state index in [-0.39, 0.29) is 0 Å². The first-order valence-electron chi connectivity index (χ1n) is 6.76. The highest BCUT2D eigenvalue weighted by atomic mass is 16.5. The normalized spacial score (nSPS) is 11.0. The molecule has 0 unspecified atom stereocenters. The van der Waals surface area contributed by atoms with Gasteiger partial charge in [-0.3, -0.25) is 4.90 Å². The topological polar surface area (TPSA) is 66.1 Å². The molecule has 0 amide bonds. The molecule has 0 aliphatic rings. The third-order valence-electron chi connectivity index (χ3n) is 3.26. The quantitative estimate of drug-likeness (QED) is 0.774. The van der Waals surface area contributed by atoms with Crippen molar-refractivity contribution < 1.29 is 19.2 Å². The predicted molar refractivity (Wildman–Crippen MR) is 81.4 cm³/mol. The molecule has 5 nitrogen and oxygen atoms in total. The maximum absolute atomic E-state index is 9.27. The number of rotatable bonds is 6. The van der Waals surface area contributed by atoms with Crippen molar-refractivity contribution >= 4 is 12.6 Å². The Morgan fingerprint density at radius 2 is 1.95 bits per heavy atom. The summed E-state index contributed by atoms with van der Waals surface area (Å²) in [7, 11) is 2.09. The summed E-state index contributed by atoms with van der Waals surface area (Å²) in [5.74, 6) is 2.51. The molecule has 0 bridgehead atoms. The monoisotopic (exact) mass is 289 g/mol. The summed E-state index contributed by atoms with van der Waals surface area (Å²) < 4.78 is 10.9. The Labute approximate surface area is 124 Å². The SMILES string of the molecule is COc1ccc(B(O)O)cc1CN(C)Cc1ccc(C)o1. The molecule has 6 heteroatoms. The number of hydrogen-bond donors (Lipinski definition) is 2. The van der Waals surface area contributed by atoms with Gasteiger partial charge in [0.15, 0.2) is 0 Å². The lowest BCUT2D eigenvalue weighted by Crippen LogP contribution is -2.30. The fraction of sp³-hybridized carbons (Fsp3) is 0.333. The summed E-state index contributed by atoms with van der Waals surface area (Å²) in [6.07, 6.45) is 0. The number of ether oxygens (including phenoxy) is 1. The van der Waals surface area contributed by atoms with Crippen LogP contribution in [0.2, 0.25) is 0 Å². The first-order valence-corrected chi connectivity index (χ1v) is 6.76. The van der Waals surface area contributed by atoms with Crippen LogP contribution in [0.4, 0.5) is 0 Å². The number of furan rings is 1. The molecule has 1 aromatic carbocycles. The van der Waals surface area contributed by atoms with Crippen molar-refractivity contribution in [3.63, 3.8) is 0 Å². The van der Waals surface area contributed by atoms with Crippen LogP contribution >= 0.6 is 0 Å². The lowest BCUT2D eigenvalue weighted by atomic mass is 9.79. The summed E-state index contributed by atoms with van der Waals surface area (Å²) >= 11 is 0. The third kappa shape index (κ3) is 4.11. The molecule has 1 heterocycles.